The zero-order valence-electron chi connectivity index (χ0n) is 13.6. The Labute approximate surface area is 179 Å². The first-order valence-corrected chi connectivity index (χ1v) is 9.16. The fourth-order valence-electron chi connectivity index (χ4n) is 1.64. The summed E-state index contributed by atoms with van der Waals surface area (Å²) < 4.78 is 45.7. The summed E-state index contributed by atoms with van der Waals surface area (Å²) in [6.07, 6.45) is -3.66. The molecular weight excluding hydrogens is 376 g/mol. The summed E-state index contributed by atoms with van der Waals surface area (Å²) in [5, 5.41) is 9.62. The second-order valence-electron chi connectivity index (χ2n) is 4.03. The number of aliphatic hydroxyl groups excluding tert-OH is 1. The zero-order chi connectivity index (χ0) is 16.1. The summed E-state index contributed by atoms with van der Waals surface area (Å²) in [7, 11) is -9.12. The number of hydrogen-bond donors (Lipinski definition) is 1. The predicted octanol–water partition coefficient (Wildman–Crippen LogP) is -6.83. The summed E-state index contributed by atoms with van der Waals surface area (Å²) in [6.45, 7) is 1.91. The molecule has 1 aliphatic heterocycles. The molecule has 126 valence electrons. The molecule has 1 N–H and O–H groups in total. The Morgan fingerprint density at radius 1 is 1.09 bits per heavy atom. The summed E-state index contributed by atoms with van der Waals surface area (Å²) in [5.74, 6) is 0. The summed E-state index contributed by atoms with van der Waals surface area (Å²) >= 11 is 0. The second kappa shape index (κ2) is 12.5. The van der Waals surface area contributed by atoms with Crippen molar-refractivity contribution in [2.75, 3.05) is 26.4 Å². The number of rotatable bonds is 9. The van der Waals surface area contributed by atoms with Crippen molar-refractivity contribution in [3.05, 3.63) is 0 Å². The van der Waals surface area contributed by atoms with Crippen molar-refractivity contribution in [2.45, 2.75) is 32.2 Å². The molecule has 5 atom stereocenters. The van der Waals surface area contributed by atoms with Crippen molar-refractivity contribution in [1.82, 2.24) is 0 Å². The van der Waals surface area contributed by atoms with Gasteiger partial charge < -0.3 is 37.7 Å². The Bertz CT molecular complexity index is 425. The summed E-state index contributed by atoms with van der Waals surface area (Å²) in [4.78, 5) is 22.7. The van der Waals surface area contributed by atoms with Crippen LogP contribution in [0.2, 0.25) is 0 Å². The van der Waals surface area contributed by atoms with E-state index in [1.54, 1.807) is 0 Å². The van der Waals surface area contributed by atoms with E-state index in [-0.39, 0.29) is 78.9 Å². The van der Waals surface area contributed by atoms with Crippen LogP contribution in [0.3, 0.4) is 0 Å². The van der Waals surface area contributed by atoms with Gasteiger partial charge in [-0.3, -0.25) is 9.13 Å². The van der Waals surface area contributed by atoms with Gasteiger partial charge in [0.15, 0.2) is 0 Å². The first-order valence-electron chi connectivity index (χ1n) is 6.24. The Kier molecular flexibility index (Phi) is 14.9. The molecule has 2 unspecified atom stereocenters. The summed E-state index contributed by atoms with van der Waals surface area (Å²) in [6, 6.07) is 0. The molecule has 23 heavy (non-hydrogen) atoms. The fourth-order valence-corrected chi connectivity index (χ4v) is 3.31. The van der Waals surface area contributed by atoms with E-state index in [2.05, 4.69) is 18.1 Å². The Morgan fingerprint density at radius 3 is 2.13 bits per heavy atom. The van der Waals surface area contributed by atoms with Crippen LogP contribution >= 0.6 is 15.6 Å². The van der Waals surface area contributed by atoms with E-state index in [9.17, 15) is 24.0 Å². The fraction of sp³-hybridized carbons (Fsp3) is 1.00. The Hall–Kier alpha value is 2.14. The number of aliphatic hydroxyl groups is 1. The smallest absolute Gasteiger partial charge is 0.756 e. The van der Waals surface area contributed by atoms with Crippen molar-refractivity contribution in [2.24, 2.45) is 0 Å². The monoisotopic (exact) mass is 394 g/mol. The standard InChI is InChI=1S/C9H20O10P2.2Na/c1-3-16-20(11,12)18-6-8-9(7(10)5-15-8)19-21(13,14)17-4-2;;/h7-10H,3-6H2,1-2H3,(H,11,12)(H,13,14);;/q;2*+1/p-2/t7-,8+,9-;;/m0../s1. The van der Waals surface area contributed by atoms with Gasteiger partial charge in [0.2, 0.25) is 0 Å². The van der Waals surface area contributed by atoms with Crippen molar-refractivity contribution in [3.63, 3.8) is 0 Å². The van der Waals surface area contributed by atoms with E-state index in [4.69, 9.17) is 4.74 Å². The first kappa shape index (κ1) is 27.4. The van der Waals surface area contributed by atoms with Crippen molar-refractivity contribution in [1.29, 1.82) is 0 Å². The van der Waals surface area contributed by atoms with Gasteiger partial charge in [0.1, 0.15) is 18.3 Å². The molecule has 1 fully saturated rings. The molecule has 0 radical (unpaired) electrons. The normalized spacial score (nSPS) is 29.0. The molecule has 0 saturated carbocycles. The molecule has 14 heteroatoms. The van der Waals surface area contributed by atoms with Gasteiger partial charge in [0, 0.05) is 0 Å². The van der Waals surface area contributed by atoms with E-state index in [0.717, 1.165) is 0 Å². The van der Waals surface area contributed by atoms with Gasteiger partial charge in [-0.2, -0.15) is 0 Å². The molecule has 1 aliphatic rings. The van der Waals surface area contributed by atoms with Crippen LogP contribution in [0.1, 0.15) is 13.8 Å². The van der Waals surface area contributed by atoms with Crippen LogP contribution in [0.15, 0.2) is 0 Å². The quantitative estimate of drug-likeness (QED) is 0.296. The van der Waals surface area contributed by atoms with Crippen LogP contribution in [0, 0.1) is 0 Å². The second-order valence-corrected chi connectivity index (χ2v) is 6.81. The molecule has 0 amide bonds. The third-order valence-corrected chi connectivity index (χ3v) is 4.56. The van der Waals surface area contributed by atoms with Gasteiger partial charge in [0.05, 0.1) is 26.4 Å². The van der Waals surface area contributed by atoms with Crippen LogP contribution in [0.4, 0.5) is 0 Å². The third kappa shape index (κ3) is 10.2. The van der Waals surface area contributed by atoms with Crippen molar-refractivity contribution in [3.8, 4) is 0 Å². The van der Waals surface area contributed by atoms with Crippen LogP contribution in [0.5, 0.6) is 0 Å². The minimum absolute atomic E-state index is 0. The molecule has 1 rings (SSSR count). The van der Waals surface area contributed by atoms with Crippen LogP contribution in [0.25, 0.3) is 0 Å². The maximum Gasteiger partial charge on any atom is 1.00 e. The number of ether oxygens (including phenoxy) is 1. The van der Waals surface area contributed by atoms with E-state index in [1.807, 2.05) is 0 Å². The average Bonchev–Trinajstić information content (AvgIpc) is 2.68. The number of phosphoric acid groups is 2. The first-order chi connectivity index (χ1) is 9.71. The van der Waals surface area contributed by atoms with Gasteiger partial charge in [0.25, 0.3) is 15.6 Å². The Balaban J connectivity index is 0. The van der Waals surface area contributed by atoms with Gasteiger partial charge in [-0.1, -0.05) is 0 Å². The van der Waals surface area contributed by atoms with Gasteiger partial charge in [-0.05, 0) is 13.8 Å². The average molecular weight is 394 g/mol. The van der Waals surface area contributed by atoms with Crippen molar-refractivity contribution < 1.29 is 106 Å². The zero-order valence-corrected chi connectivity index (χ0v) is 19.4. The molecule has 1 saturated heterocycles. The van der Waals surface area contributed by atoms with Gasteiger partial charge in [-0.15, -0.1) is 0 Å². The largest absolute Gasteiger partial charge is 1.00 e. The minimum Gasteiger partial charge on any atom is -0.756 e. The molecular formula is C9H18Na2O10P2. The maximum absolute atomic E-state index is 11.4. The topological polar surface area (TPSA) is 147 Å². The summed E-state index contributed by atoms with van der Waals surface area (Å²) in [5.41, 5.74) is 0. The van der Waals surface area contributed by atoms with Crippen molar-refractivity contribution >= 4 is 15.6 Å². The maximum atomic E-state index is 11.4. The van der Waals surface area contributed by atoms with E-state index in [0.29, 0.717) is 0 Å². The Morgan fingerprint density at radius 2 is 1.61 bits per heavy atom. The number of hydrogen-bond acceptors (Lipinski definition) is 10. The van der Waals surface area contributed by atoms with Gasteiger partial charge >= 0.3 is 59.1 Å². The third-order valence-electron chi connectivity index (χ3n) is 2.45. The molecule has 0 bridgehead atoms. The molecule has 0 spiro atoms. The predicted molar refractivity (Wildman–Crippen MR) is 65.0 cm³/mol. The molecule has 0 aliphatic carbocycles. The van der Waals surface area contributed by atoms with Gasteiger partial charge in [-0.25, -0.2) is 0 Å². The van der Waals surface area contributed by atoms with E-state index in [1.165, 1.54) is 13.8 Å². The molecule has 0 aromatic rings. The van der Waals surface area contributed by atoms with E-state index >= 15 is 0 Å². The molecule has 0 aromatic carbocycles. The SMILES string of the molecule is CCOP(=O)([O-])OC[C@H]1OC[C@H](O)[C@@H]1OP(=O)([O-])OCC.[Na+].[Na+]. The minimum atomic E-state index is -4.62. The van der Waals surface area contributed by atoms with E-state index < -0.39 is 40.6 Å². The van der Waals surface area contributed by atoms with Crippen LogP contribution < -0.4 is 68.9 Å². The van der Waals surface area contributed by atoms with Crippen LogP contribution in [-0.4, -0.2) is 49.8 Å². The number of phosphoric ester groups is 2. The van der Waals surface area contributed by atoms with Crippen LogP contribution in [-0.2, 0) is 32.0 Å². The molecule has 1 heterocycles. The molecule has 10 nitrogen and oxygen atoms in total. The molecule has 0 aromatic heterocycles.